The van der Waals surface area contributed by atoms with Gasteiger partial charge in [-0.2, -0.15) is 0 Å². The van der Waals surface area contributed by atoms with E-state index in [4.69, 9.17) is 4.74 Å². The van der Waals surface area contributed by atoms with Gasteiger partial charge in [-0.1, -0.05) is 30.3 Å². The Morgan fingerprint density at radius 3 is 2.53 bits per heavy atom. The molecule has 0 atom stereocenters. The average molecular weight is 255 g/mol. The molecule has 0 radical (unpaired) electrons. The third-order valence-electron chi connectivity index (χ3n) is 2.95. The molecule has 98 valence electrons. The SMILES string of the molecule is CCOC(=O)c1cc(C)c(-c2ccccc2)nc1C. The Balaban J connectivity index is 2.46. The van der Waals surface area contributed by atoms with E-state index in [-0.39, 0.29) is 5.97 Å². The molecule has 3 nitrogen and oxygen atoms in total. The van der Waals surface area contributed by atoms with Crippen LogP contribution >= 0.6 is 0 Å². The van der Waals surface area contributed by atoms with Crippen molar-refractivity contribution in [1.82, 2.24) is 4.98 Å². The first-order valence-corrected chi connectivity index (χ1v) is 6.34. The molecule has 0 aliphatic heterocycles. The van der Waals surface area contributed by atoms with E-state index >= 15 is 0 Å². The first-order chi connectivity index (χ1) is 9.13. The molecule has 0 amide bonds. The fourth-order valence-electron chi connectivity index (χ4n) is 2.01. The van der Waals surface area contributed by atoms with Crippen LogP contribution in [0.2, 0.25) is 0 Å². The number of hydrogen-bond donors (Lipinski definition) is 0. The van der Waals surface area contributed by atoms with Crippen LogP contribution in [0.1, 0.15) is 28.5 Å². The summed E-state index contributed by atoms with van der Waals surface area (Å²) in [6.45, 7) is 5.96. The molecule has 19 heavy (non-hydrogen) atoms. The van der Waals surface area contributed by atoms with Crippen LogP contribution in [0, 0.1) is 13.8 Å². The van der Waals surface area contributed by atoms with Crippen molar-refractivity contribution in [3.05, 3.63) is 53.2 Å². The molecule has 0 saturated heterocycles. The Hall–Kier alpha value is -2.16. The molecule has 0 fully saturated rings. The summed E-state index contributed by atoms with van der Waals surface area (Å²) in [5.74, 6) is -0.310. The summed E-state index contributed by atoms with van der Waals surface area (Å²) in [5, 5.41) is 0. The first kappa shape index (κ1) is 13.3. The summed E-state index contributed by atoms with van der Waals surface area (Å²) >= 11 is 0. The van der Waals surface area contributed by atoms with Crippen LogP contribution in [-0.4, -0.2) is 17.6 Å². The number of nitrogens with zero attached hydrogens (tertiary/aromatic N) is 1. The van der Waals surface area contributed by atoms with Gasteiger partial charge in [-0.3, -0.25) is 4.98 Å². The monoisotopic (exact) mass is 255 g/mol. The van der Waals surface area contributed by atoms with Gasteiger partial charge in [0.1, 0.15) is 0 Å². The van der Waals surface area contributed by atoms with Crippen molar-refractivity contribution < 1.29 is 9.53 Å². The van der Waals surface area contributed by atoms with Gasteiger partial charge in [0, 0.05) is 5.56 Å². The molecule has 0 N–H and O–H groups in total. The van der Waals surface area contributed by atoms with Crippen molar-refractivity contribution in [2.75, 3.05) is 6.61 Å². The van der Waals surface area contributed by atoms with Crippen molar-refractivity contribution >= 4 is 5.97 Å². The zero-order chi connectivity index (χ0) is 13.8. The van der Waals surface area contributed by atoms with Crippen molar-refractivity contribution in [3.8, 4) is 11.3 Å². The summed E-state index contributed by atoms with van der Waals surface area (Å²) in [7, 11) is 0. The van der Waals surface area contributed by atoms with Crippen molar-refractivity contribution in [3.63, 3.8) is 0 Å². The molecule has 2 rings (SSSR count). The van der Waals surface area contributed by atoms with Crippen LogP contribution in [0.5, 0.6) is 0 Å². The third kappa shape index (κ3) is 2.81. The highest BCUT2D eigenvalue weighted by Crippen LogP contribution is 2.23. The molecule has 0 unspecified atom stereocenters. The summed E-state index contributed by atoms with van der Waals surface area (Å²) in [6, 6.07) is 11.8. The number of carbonyl (C=O) groups is 1. The predicted molar refractivity (Wildman–Crippen MR) is 75.1 cm³/mol. The van der Waals surface area contributed by atoms with Crippen LogP contribution in [0.3, 0.4) is 0 Å². The van der Waals surface area contributed by atoms with E-state index in [9.17, 15) is 4.79 Å². The second-order valence-corrected chi connectivity index (χ2v) is 4.37. The third-order valence-corrected chi connectivity index (χ3v) is 2.95. The lowest BCUT2D eigenvalue weighted by molar-refractivity contribution is 0.0525. The number of benzene rings is 1. The Bertz CT molecular complexity index is 591. The van der Waals surface area contributed by atoms with Crippen LogP contribution in [0.15, 0.2) is 36.4 Å². The number of aryl methyl sites for hydroxylation is 2. The second-order valence-electron chi connectivity index (χ2n) is 4.37. The van der Waals surface area contributed by atoms with Crippen molar-refractivity contribution in [2.45, 2.75) is 20.8 Å². The average Bonchev–Trinajstić information content (AvgIpc) is 2.42. The maximum absolute atomic E-state index is 11.8. The number of pyridine rings is 1. The van der Waals surface area contributed by atoms with E-state index in [2.05, 4.69) is 4.98 Å². The molecule has 3 heteroatoms. The quantitative estimate of drug-likeness (QED) is 0.787. The molecular weight excluding hydrogens is 238 g/mol. The largest absolute Gasteiger partial charge is 0.462 e. The van der Waals surface area contributed by atoms with Crippen LogP contribution in [0.25, 0.3) is 11.3 Å². The summed E-state index contributed by atoms with van der Waals surface area (Å²) in [4.78, 5) is 16.3. The molecule has 2 aromatic rings. The van der Waals surface area contributed by atoms with Gasteiger partial charge in [-0.25, -0.2) is 4.79 Å². The molecule has 1 aromatic carbocycles. The lowest BCUT2D eigenvalue weighted by Crippen LogP contribution is -2.09. The minimum atomic E-state index is -0.310. The van der Waals surface area contributed by atoms with Gasteiger partial charge in [0.25, 0.3) is 0 Å². The normalized spacial score (nSPS) is 10.3. The highest BCUT2D eigenvalue weighted by molar-refractivity contribution is 5.91. The summed E-state index contributed by atoms with van der Waals surface area (Å²) in [5.41, 5.74) is 4.17. The molecule has 0 aliphatic rings. The van der Waals surface area contributed by atoms with Gasteiger partial charge in [0.2, 0.25) is 0 Å². The lowest BCUT2D eigenvalue weighted by Gasteiger charge is -2.10. The van der Waals surface area contributed by atoms with E-state index in [0.717, 1.165) is 16.8 Å². The van der Waals surface area contributed by atoms with E-state index < -0.39 is 0 Å². The highest BCUT2D eigenvalue weighted by Gasteiger charge is 2.14. The molecule has 0 spiro atoms. The fraction of sp³-hybridized carbons (Fsp3) is 0.250. The number of esters is 1. The number of ether oxygens (including phenoxy) is 1. The maximum Gasteiger partial charge on any atom is 0.339 e. The zero-order valence-electron chi connectivity index (χ0n) is 11.4. The Morgan fingerprint density at radius 1 is 1.21 bits per heavy atom. The minimum Gasteiger partial charge on any atom is -0.462 e. The Kier molecular flexibility index (Phi) is 3.95. The van der Waals surface area contributed by atoms with E-state index in [1.54, 1.807) is 6.92 Å². The zero-order valence-corrected chi connectivity index (χ0v) is 11.4. The van der Waals surface area contributed by atoms with Crippen LogP contribution in [0.4, 0.5) is 0 Å². The minimum absolute atomic E-state index is 0.310. The number of aromatic nitrogens is 1. The molecule has 0 bridgehead atoms. The van der Waals surface area contributed by atoms with Gasteiger partial charge in [0.15, 0.2) is 0 Å². The molecule has 1 aromatic heterocycles. The fourth-order valence-corrected chi connectivity index (χ4v) is 2.01. The maximum atomic E-state index is 11.8. The number of carbonyl (C=O) groups excluding carboxylic acids is 1. The standard InChI is InChI=1S/C16H17NO2/c1-4-19-16(18)14-10-11(2)15(17-12(14)3)13-8-6-5-7-9-13/h5-10H,4H2,1-3H3. The number of hydrogen-bond acceptors (Lipinski definition) is 3. The second kappa shape index (κ2) is 5.65. The van der Waals surface area contributed by atoms with Crippen molar-refractivity contribution in [1.29, 1.82) is 0 Å². The van der Waals surface area contributed by atoms with Gasteiger partial charge < -0.3 is 4.74 Å². The van der Waals surface area contributed by atoms with Crippen LogP contribution < -0.4 is 0 Å². The first-order valence-electron chi connectivity index (χ1n) is 6.34. The number of rotatable bonds is 3. The molecule has 1 heterocycles. The van der Waals surface area contributed by atoms with E-state index in [1.807, 2.05) is 50.2 Å². The molecule has 0 saturated carbocycles. The Labute approximate surface area is 113 Å². The highest BCUT2D eigenvalue weighted by atomic mass is 16.5. The predicted octanol–water partition coefficient (Wildman–Crippen LogP) is 3.54. The summed E-state index contributed by atoms with van der Waals surface area (Å²) in [6.07, 6.45) is 0. The Morgan fingerprint density at radius 2 is 1.89 bits per heavy atom. The van der Waals surface area contributed by atoms with Gasteiger partial charge in [0.05, 0.1) is 23.6 Å². The van der Waals surface area contributed by atoms with Crippen LogP contribution in [-0.2, 0) is 4.74 Å². The van der Waals surface area contributed by atoms with E-state index in [1.165, 1.54) is 0 Å². The van der Waals surface area contributed by atoms with Crippen molar-refractivity contribution in [2.24, 2.45) is 0 Å². The topological polar surface area (TPSA) is 39.2 Å². The summed E-state index contributed by atoms with van der Waals surface area (Å²) < 4.78 is 5.03. The van der Waals surface area contributed by atoms with Gasteiger partial charge >= 0.3 is 5.97 Å². The smallest absolute Gasteiger partial charge is 0.339 e. The van der Waals surface area contributed by atoms with E-state index in [0.29, 0.717) is 17.9 Å². The van der Waals surface area contributed by atoms with Gasteiger partial charge in [-0.15, -0.1) is 0 Å². The molecular formula is C16H17NO2. The lowest BCUT2D eigenvalue weighted by atomic mass is 10.0. The van der Waals surface area contributed by atoms with Gasteiger partial charge in [-0.05, 0) is 32.4 Å². The molecule has 0 aliphatic carbocycles.